The number of aromatic nitrogens is 1. The van der Waals surface area contributed by atoms with Crippen molar-refractivity contribution >= 4 is 23.6 Å². The largest absolute Gasteiger partial charge is 0.549 e. The first-order valence-corrected chi connectivity index (χ1v) is 17.2. The quantitative estimate of drug-likeness (QED) is 0.341. The van der Waals surface area contributed by atoms with Gasteiger partial charge in [-0.2, -0.15) is 0 Å². The molecule has 43 heavy (non-hydrogen) atoms. The summed E-state index contributed by atoms with van der Waals surface area (Å²) in [5.74, 6) is 6.73. The summed E-state index contributed by atoms with van der Waals surface area (Å²) in [7, 11) is 0. The lowest BCUT2D eigenvalue weighted by Crippen LogP contribution is -2.56. The topological polar surface area (TPSA) is 91.8 Å². The summed E-state index contributed by atoms with van der Waals surface area (Å²) in [4.78, 5) is 33.7. The fraction of sp³-hybridized carbons (Fsp3) is 0.686. The summed E-state index contributed by atoms with van der Waals surface area (Å²) in [6.07, 6.45) is 15.5. The van der Waals surface area contributed by atoms with Crippen LogP contribution in [0.5, 0.6) is 5.88 Å². The van der Waals surface area contributed by atoms with Crippen molar-refractivity contribution in [2.24, 2.45) is 17.3 Å². The second-order valence-electron chi connectivity index (χ2n) is 13.6. The summed E-state index contributed by atoms with van der Waals surface area (Å²) >= 11 is 1.23. The van der Waals surface area contributed by atoms with Crippen molar-refractivity contribution in [1.29, 1.82) is 0 Å². The van der Waals surface area contributed by atoms with Gasteiger partial charge in [0.05, 0.1) is 34.9 Å². The Hall–Kier alpha value is -2.50. The predicted octanol–water partition coefficient (Wildman–Crippen LogP) is 5.53. The minimum atomic E-state index is -1.14. The van der Waals surface area contributed by atoms with E-state index >= 15 is 0 Å². The number of hydrogen-bond acceptors (Lipinski definition) is 7. The molecule has 1 aliphatic heterocycles. The number of carbonyl (C=O) groups excluding carboxylic acids is 2. The molecule has 0 radical (unpaired) electrons. The Morgan fingerprint density at radius 3 is 2.40 bits per heavy atom. The van der Waals surface area contributed by atoms with Crippen LogP contribution in [0.25, 0.3) is 0 Å². The maximum absolute atomic E-state index is 14.2. The van der Waals surface area contributed by atoms with E-state index in [1.165, 1.54) is 24.6 Å². The van der Waals surface area contributed by atoms with Gasteiger partial charge in [-0.25, -0.2) is 4.98 Å². The third-order valence-electron chi connectivity index (χ3n) is 9.53. The minimum Gasteiger partial charge on any atom is -0.549 e. The lowest BCUT2D eigenvalue weighted by Gasteiger charge is -2.43. The Balaban J connectivity index is 1.33. The van der Waals surface area contributed by atoms with Gasteiger partial charge in [0.15, 0.2) is 0 Å². The maximum Gasteiger partial charge on any atom is 0.226 e. The zero-order valence-electron chi connectivity index (χ0n) is 26.0. The molecule has 0 spiro atoms. The van der Waals surface area contributed by atoms with Gasteiger partial charge < -0.3 is 24.3 Å². The first kappa shape index (κ1) is 31.9. The number of carbonyl (C=O) groups is 2. The van der Waals surface area contributed by atoms with E-state index in [-0.39, 0.29) is 29.4 Å². The van der Waals surface area contributed by atoms with Crippen LogP contribution in [0.1, 0.15) is 97.8 Å². The Morgan fingerprint density at radius 1 is 1.02 bits per heavy atom. The van der Waals surface area contributed by atoms with Crippen molar-refractivity contribution in [1.82, 2.24) is 9.88 Å². The molecule has 1 amide bonds. The first-order chi connectivity index (χ1) is 20.7. The Bertz CT molecular complexity index is 1190. The number of nitrogens with zero attached hydrogens (tertiary/aromatic N) is 2. The molecular formula is C35H47N2O5S-. The molecule has 3 saturated carbocycles. The average Bonchev–Trinajstić information content (AvgIpc) is 3.68. The van der Waals surface area contributed by atoms with Crippen LogP contribution in [0.2, 0.25) is 0 Å². The highest BCUT2D eigenvalue weighted by molar-refractivity contribution is 8.04. The number of amides is 1. The fourth-order valence-corrected chi connectivity index (χ4v) is 7.99. The number of rotatable bonds is 9. The minimum absolute atomic E-state index is 0.0270. The Labute approximate surface area is 261 Å². The summed E-state index contributed by atoms with van der Waals surface area (Å²) in [6, 6.07) is 5.00. The van der Waals surface area contributed by atoms with Gasteiger partial charge in [0.2, 0.25) is 11.8 Å². The molecule has 1 aromatic heterocycles. The molecule has 3 aliphatic carbocycles. The number of aliphatic carboxylic acids is 1. The van der Waals surface area contributed by atoms with E-state index in [0.29, 0.717) is 29.4 Å². The summed E-state index contributed by atoms with van der Waals surface area (Å²) in [5, 5.41) is 11.6. The van der Waals surface area contributed by atoms with Crippen molar-refractivity contribution in [2.75, 3.05) is 6.61 Å². The van der Waals surface area contributed by atoms with Gasteiger partial charge in [0.25, 0.3) is 0 Å². The number of thioether (sulfide) groups is 1. The van der Waals surface area contributed by atoms with Gasteiger partial charge in [-0.05, 0) is 96.1 Å². The van der Waals surface area contributed by atoms with Crippen LogP contribution in [-0.2, 0) is 14.3 Å². The predicted molar refractivity (Wildman–Crippen MR) is 167 cm³/mol. The van der Waals surface area contributed by atoms with Crippen molar-refractivity contribution in [3.8, 4) is 17.7 Å². The van der Waals surface area contributed by atoms with Gasteiger partial charge >= 0.3 is 0 Å². The van der Waals surface area contributed by atoms with Gasteiger partial charge in [-0.3, -0.25) is 4.79 Å². The maximum atomic E-state index is 14.2. The van der Waals surface area contributed by atoms with E-state index in [0.717, 1.165) is 64.2 Å². The molecular weight excluding hydrogens is 560 g/mol. The molecule has 234 valence electrons. The van der Waals surface area contributed by atoms with Gasteiger partial charge in [-0.15, -0.1) is 11.8 Å². The highest BCUT2D eigenvalue weighted by Crippen LogP contribution is 2.40. The zero-order chi connectivity index (χ0) is 30.4. The van der Waals surface area contributed by atoms with Crippen molar-refractivity contribution in [3.63, 3.8) is 0 Å². The molecule has 2 atom stereocenters. The number of hydrogen-bond donors (Lipinski definition) is 0. The van der Waals surface area contributed by atoms with Crippen molar-refractivity contribution in [3.05, 3.63) is 35.4 Å². The van der Waals surface area contributed by atoms with Crippen LogP contribution < -0.4 is 9.84 Å². The van der Waals surface area contributed by atoms with Gasteiger partial charge in [0, 0.05) is 29.6 Å². The second kappa shape index (κ2) is 14.5. The smallest absolute Gasteiger partial charge is 0.226 e. The number of pyridine rings is 1. The number of ether oxygens (including phenoxy) is 2. The summed E-state index contributed by atoms with van der Waals surface area (Å²) in [6.45, 7) is 6.92. The van der Waals surface area contributed by atoms with Crippen LogP contribution >= 0.6 is 11.8 Å². The molecule has 0 aromatic carbocycles. The second-order valence-corrected chi connectivity index (χ2v) is 14.8. The molecule has 0 bridgehead atoms. The van der Waals surface area contributed by atoms with Gasteiger partial charge in [-0.1, -0.05) is 37.7 Å². The molecule has 0 N–H and O–H groups in total. The van der Waals surface area contributed by atoms with E-state index in [9.17, 15) is 14.7 Å². The average molecular weight is 608 g/mol. The molecule has 4 aliphatic rings. The molecule has 2 heterocycles. The molecule has 8 heteroatoms. The first-order valence-electron chi connectivity index (χ1n) is 16.3. The Kier molecular flexibility index (Phi) is 10.8. The normalized spacial score (nSPS) is 29.8. The summed E-state index contributed by atoms with van der Waals surface area (Å²) in [5.41, 5.74) is -0.362. The monoisotopic (exact) mass is 607 g/mol. The van der Waals surface area contributed by atoms with Crippen molar-refractivity contribution < 1.29 is 24.2 Å². The molecule has 5 rings (SSSR count). The third-order valence-corrected chi connectivity index (χ3v) is 10.7. The van der Waals surface area contributed by atoms with Gasteiger partial charge in [0.1, 0.15) is 6.10 Å². The van der Waals surface area contributed by atoms with Crippen molar-refractivity contribution in [2.45, 2.75) is 127 Å². The molecule has 0 saturated heterocycles. The Morgan fingerprint density at radius 2 is 1.74 bits per heavy atom. The molecule has 7 nitrogen and oxygen atoms in total. The van der Waals surface area contributed by atoms with Crippen LogP contribution in [0.3, 0.4) is 0 Å². The van der Waals surface area contributed by atoms with E-state index < -0.39 is 17.3 Å². The highest BCUT2D eigenvalue weighted by atomic mass is 32.2. The zero-order valence-corrected chi connectivity index (χ0v) is 26.8. The number of carboxylic acid groups (broad SMARTS) is 1. The van der Waals surface area contributed by atoms with Crippen LogP contribution in [-0.4, -0.2) is 57.9 Å². The van der Waals surface area contributed by atoms with Crippen LogP contribution in [0, 0.1) is 29.1 Å². The molecule has 1 aromatic rings. The van der Waals surface area contributed by atoms with E-state index in [1.807, 2.05) is 29.2 Å². The van der Waals surface area contributed by atoms with Crippen LogP contribution in [0.15, 0.2) is 35.4 Å². The number of allylic oxidation sites excluding steroid dienone is 1. The van der Waals surface area contributed by atoms with E-state index in [2.05, 4.69) is 37.6 Å². The SMILES string of the molecule is CC1CCC(C(=O)N(C2CCC(Oc3ccccn3)CC2)C2C=C(C#CC(C)(C)COC3CCCC3)SC2C(=O)[O-])CC1. The van der Waals surface area contributed by atoms with E-state index in [4.69, 9.17) is 9.47 Å². The standard InChI is InChI=1S/C35H48N2O5S/c1-24-11-13-25(14-12-24)33(38)37(26-15-17-28(18-16-26)42-31-10-6-7-21-36-31)30-22-29(43-32(30)34(39)40)19-20-35(2,3)23-41-27-8-4-5-9-27/h6-7,10,21-22,24-28,30,32H,4-5,8-9,11-18,23H2,1-3H3,(H,39,40)/p-1. The lowest BCUT2D eigenvalue weighted by molar-refractivity contribution is -0.305. The highest BCUT2D eigenvalue weighted by Gasteiger charge is 2.43. The number of carboxylic acids is 1. The van der Waals surface area contributed by atoms with E-state index in [1.54, 1.807) is 6.20 Å². The third kappa shape index (κ3) is 8.57. The lowest BCUT2D eigenvalue weighted by atomic mass is 9.81. The fourth-order valence-electron chi connectivity index (χ4n) is 6.94. The molecule has 3 fully saturated rings. The molecule has 2 unspecified atom stereocenters. The summed E-state index contributed by atoms with van der Waals surface area (Å²) < 4.78 is 12.3. The van der Waals surface area contributed by atoms with Crippen LogP contribution in [0.4, 0.5) is 0 Å².